The predicted octanol–water partition coefficient (Wildman–Crippen LogP) is 2.98. The number of fused-ring (bicyclic) bond motifs is 1. The van der Waals surface area contributed by atoms with E-state index in [1.54, 1.807) is 24.4 Å². The van der Waals surface area contributed by atoms with E-state index in [1.165, 1.54) is 10.6 Å². The monoisotopic (exact) mass is 262 g/mol. The molecule has 1 atom stereocenters. The molecule has 1 unspecified atom stereocenters. The molecule has 19 heavy (non-hydrogen) atoms. The van der Waals surface area contributed by atoms with Gasteiger partial charge in [-0.15, -0.1) is 0 Å². The Bertz CT molecular complexity index is 633. The van der Waals surface area contributed by atoms with Crippen LogP contribution in [0.5, 0.6) is 0 Å². The Balaban J connectivity index is 2.66. The maximum Gasteiger partial charge on any atom is 0.326 e. The maximum atomic E-state index is 11.3. The number of nitrogens with zero attached hydrogens (tertiary/aromatic N) is 2. The largest absolute Gasteiger partial charge is 0.480 e. The molecule has 0 fully saturated rings. The first-order valence-corrected chi connectivity index (χ1v) is 6.03. The SMILES string of the molecule is CCCC(C(=O)O)n1ccc2cccc([N+](=O)[O-])c21. The van der Waals surface area contributed by atoms with Gasteiger partial charge in [-0.3, -0.25) is 10.1 Å². The molecule has 2 aromatic rings. The Hall–Kier alpha value is -2.37. The molecule has 0 amide bonds. The molecule has 1 aromatic carbocycles. The number of carbonyl (C=O) groups is 1. The lowest BCUT2D eigenvalue weighted by Gasteiger charge is -2.14. The fraction of sp³-hybridized carbons (Fsp3) is 0.308. The number of hydrogen-bond acceptors (Lipinski definition) is 3. The second-order valence-electron chi connectivity index (χ2n) is 4.34. The summed E-state index contributed by atoms with van der Waals surface area (Å²) in [5.74, 6) is -0.975. The number of carboxylic acid groups (broad SMARTS) is 1. The third-order valence-electron chi connectivity index (χ3n) is 3.10. The van der Waals surface area contributed by atoms with Crippen molar-refractivity contribution in [1.29, 1.82) is 0 Å². The molecule has 1 N–H and O–H groups in total. The Labute approximate surface area is 109 Å². The van der Waals surface area contributed by atoms with Crippen molar-refractivity contribution >= 4 is 22.6 Å². The van der Waals surface area contributed by atoms with Gasteiger partial charge in [-0.05, 0) is 12.5 Å². The van der Waals surface area contributed by atoms with Gasteiger partial charge in [-0.2, -0.15) is 0 Å². The van der Waals surface area contributed by atoms with Crippen LogP contribution in [0.15, 0.2) is 30.5 Å². The minimum Gasteiger partial charge on any atom is -0.480 e. The van der Waals surface area contributed by atoms with Crippen molar-refractivity contribution in [2.24, 2.45) is 0 Å². The van der Waals surface area contributed by atoms with E-state index in [1.807, 2.05) is 6.92 Å². The van der Waals surface area contributed by atoms with Crippen LogP contribution in [0.1, 0.15) is 25.8 Å². The van der Waals surface area contributed by atoms with Gasteiger partial charge >= 0.3 is 5.97 Å². The summed E-state index contributed by atoms with van der Waals surface area (Å²) in [5, 5.41) is 21.0. The molecule has 0 aliphatic rings. The first-order chi connectivity index (χ1) is 9.06. The average molecular weight is 262 g/mol. The Morgan fingerprint density at radius 3 is 2.79 bits per heavy atom. The highest BCUT2D eigenvalue weighted by Crippen LogP contribution is 2.30. The van der Waals surface area contributed by atoms with E-state index >= 15 is 0 Å². The normalized spacial score (nSPS) is 12.5. The van der Waals surface area contributed by atoms with E-state index in [2.05, 4.69) is 0 Å². The molecule has 0 aliphatic carbocycles. The highest BCUT2D eigenvalue weighted by Gasteiger charge is 2.24. The number of para-hydroxylation sites is 1. The van der Waals surface area contributed by atoms with E-state index in [0.717, 1.165) is 0 Å². The van der Waals surface area contributed by atoms with Crippen LogP contribution in [0.3, 0.4) is 0 Å². The number of nitro groups is 1. The molecule has 0 radical (unpaired) electrons. The zero-order chi connectivity index (χ0) is 14.0. The van der Waals surface area contributed by atoms with Crippen LogP contribution in [0.25, 0.3) is 10.9 Å². The highest BCUT2D eigenvalue weighted by molar-refractivity contribution is 5.90. The van der Waals surface area contributed by atoms with Gasteiger partial charge in [0.05, 0.1) is 4.92 Å². The maximum absolute atomic E-state index is 11.3. The topological polar surface area (TPSA) is 85.4 Å². The summed E-state index contributed by atoms with van der Waals surface area (Å²) in [5.41, 5.74) is 0.304. The van der Waals surface area contributed by atoms with Crippen LogP contribution < -0.4 is 0 Å². The zero-order valence-electron chi connectivity index (χ0n) is 10.4. The van der Waals surface area contributed by atoms with Crippen molar-refractivity contribution in [3.8, 4) is 0 Å². The molecule has 6 nitrogen and oxygen atoms in total. The van der Waals surface area contributed by atoms with E-state index in [0.29, 0.717) is 23.7 Å². The number of carboxylic acids is 1. The van der Waals surface area contributed by atoms with Crippen molar-refractivity contribution < 1.29 is 14.8 Å². The van der Waals surface area contributed by atoms with E-state index < -0.39 is 16.9 Å². The van der Waals surface area contributed by atoms with E-state index in [-0.39, 0.29) is 5.69 Å². The van der Waals surface area contributed by atoms with Crippen molar-refractivity contribution in [3.05, 3.63) is 40.6 Å². The lowest BCUT2D eigenvalue weighted by molar-refractivity contribution is -0.383. The smallest absolute Gasteiger partial charge is 0.326 e. The first kappa shape index (κ1) is 13.1. The van der Waals surface area contributed by atoms with Gasteiger partial charge in [0.2, 0.25) is 0 Å². The molecular weight excluding hydrogens is 248 g/mol. The molecule has 1 heterocycles. The lowest BCUT2D eigenvalue weighted by atomic mass is 10.1. The fourth-order valence-electron chi connectivity index (χ4n) is 2.26. The van der Waals surface area contributed by atoms with Crippen molar-refractivity contribution in [2.75, 3.05) is 0 Å². The van der Waals surface area contributed by atoms with Crippen molar-refractivity contribution in [1.82, 2.24) is 4.57 Å². The average Bonchev–Trinajstić information content (AvgIpc) is 2.78. The highest BCUT2D eigenvalue weighted by atomic mass is 16.6. The van der Waals surface area contributed by atoms with Gasteiger partial charge in [0.25, 0.3) is 5.69 Å². The molecule has 0 saturated carbocycles. The molecule has 100 valence electrons. The van der Waals surface area contributed by atoms with Gasteiger partial charge in [0.15, 0.2) is 0 Å². The molecule has 0 bridgehead atoms. The second kappa shape index (κ2) is 5.09. The molecule has 1 aromatic heterocycles. The minimum absolute atomic E-state index is 0.0650. The summed E-state index contributed by atoms with van der Waals surface area (Å²) in [7, 11) is 0. The Kier molecular flexibility index (Phi) is 3.50. The third kappa shape index (κ3) is 2.29. The number of rotatable bonds is 5. The summed E-state index contributed by atoms with van der Waals surface area (Å²) in [6.45, 7) is 1.88. The standard InChI is InChI=1S/C13H14N2O4/c1-2-4-11(13(16)17)14-8-7-9-5-3-6-10(12(9)14)15(18)19/h3,5-8,11H,2,4H2,1H3,(H,16,17). The fourth-order valence-corrected chi connectivity index (χ4v) is 2.26. The number of non-ortho nitro benzene ring substituents is 1. The predicted molar refractivity (Wildman–Crippen MR) is 70.2 cm³/mol. The minimum atomic E-state index is -0.975. The van der Waals surface area contributed by atoms with E-state index in [9.17, 15) is 20.0 Å². The summed E-state index contributed by atoms with van der Waals surface area (Å²) < 4.78 is 1.49. The number of aromatic nitrogens is 1. The van der Waals surface area contributed by atoms with Crippen LogP contribution in [0.4, 0.5) is 5.69 Å². The Morgan fingerprint density at radius 1 is 1.47 bits per heavy atom. The molecule has 0 aliphatic heterocycles. The molecular formula is C13H14N2O4. The third-order valence-corrected chi connectivity index (χ3v) is 3.10. The van der Waals surface area contributed by atoms with Gasteiger partial charge in [-0.25, -0.2) is 4.79 Å². The van der Waals surface area contributed by atoms with Gasteiger partial charge in [0, 0.05) is 17.6 Å². The molecule has 6 heteroatoms. The van der Waals surface area contributed by atoms with Gasteiger partial charge in [-0.1, -0.05) is 25.5 Å². The van der Waals surface area contributed by atoms with Crippen LogP contribution in [-0.2, 0) is 4.79 Å². The summed E-state index contributed by atoms with van der Waals surface area (Å²) >= 11 is 0. The molecule has 0 saturated heterocycles. The number of aliphatic carboxylic acids is 1. The van der Waals surface area contributed by atoms with Crippen molar-refractivity contribution in [3.63, 3.8) is 0 Å². The summed E-state index contributed by atoms with van der Waals surface area (Å²) in [6, 6.07) is 5.66. The van der Waals surface area contributed by atoms with Crippen LogP contribution in [-0.4, -0.2) is 20.6 Å². The summed E-state index contributed by atoms with van der Waals surface area (Å²) in [6.07, 6.45) is 2.73. The molecule has 0 spiro atoms. The van der Waals surface area contributed by atoms with Crippen LogP contribution >= 0.6 is 0 Å². The van der Waals surface area contributed by atoms with Gasteiger partial charge in [0.1, 0.15) is 11.6 Å². The lowest BCUT2D eigenvalue weighted by Crippen LogP contribution is -2.18. The zero-order valence-corrected chi connectivity index (χ0v) is 10.4. The van der Waals surface area contributed by atoms with E-state index in [4.69, 9.17) is 0 Å². The van der Waals surface area contributed by atoms with Gasteiger partial charge < -0.3 is 9.67 Å². The Morgan fingerprint density at radius 2 is 2.21 bits per heavy atom. The molecule has 2 rings (SSSR count). The quantitative estimate of drug-likeness (QED) is 0.663. The summed E-state index contributed by atoms with van der Waals surface area (Å²) in [4.78, 5) is 21.9. The number of benzene rings is 1. The number of nitro benzene ring substituents is 1. The second-order valence-corrected chi connectivity index (χ2v) is 4.34. The first-order valence-electron chi connectivity index (χ1n) is 6.03. The van der Waals surface area contributed by atoms with Crippen molar-refractivity contribution in [2.45, 2.75) is 25.8 Å². The number of hydrogen-bond donors (Lipinski definition) is 1. The van der Waals surface area contributed by atoms with Crippen LogP contribution in [0, 0.1) is 10.1 Å². The van der Waals surface area contributed by atoms with Crippen LogP contribution in [0.2, 0.25) is 0 Å².